The van der Waals surface area contributed by atoms with Crippen LogP contribution in [-0.2, 0) is 4.74 Å². The van der Waals surface area contributed by atoms with Crippen molar-refractivity contribution in [2.45, 2.75) is 59.3 Å². The Hall–Kier alpha value is -3.61. The van der Waals surface area contributed by atoms with E-state index in [4.69, 9.17) is 9.72 Å². The first-order valence-electron chi connectivity index (χ1n) is 13.1. The summed E-state index contributed by atoms with van der Waals surface area (Å²) in [5.74, 6) is 1.59. The molecule has 2 aliphatic heterocycles. The fourth-order valence-electron chi connectivity index (χ4n) is 5.09. The van der Waals surface area contributed by atoms with Gasteiger partial charge in [-0.05, 0) is 56.3 Å². The molecule has 3 aliphatic rings. The Labute approximate surface area is 223 Å². The van der Waals surface area contributed by atoms with Crippen LogP contribution in [0.2, 0.25) is 0 Å². The largest absolute Gasteiger partial charge is 0.461 e. The van der Waals surface area contributed by atoms with Gasteiger partial charge in [0.15, 0.2) is 5.13 Å². The fourth-order valence-corrected chi connectivity index (χ4v) is 6.20. The molecule has 6 heteroatoms. The minimum Gasteiger partial charge on any atom is -0.461 e. The Bertz CT molecular complexity index is 1380. The Morgan fingerprint density at radius 1 is 1.03 bits per heavy atom. The maximum absolute atomic E-state index is 9.70. The molecule has 3 heterocycles. The van der Waals surface area contributed by atoms with E-state index in [-0.39, 0.29) is 11.0 Å². The van der Waals surface area contributed by atoms with E-state index < -0.39 is 0 Å². The van der Waals surface area contributed by atoms with Gasteiger partial charge in [0.05, 0.1) is 10.6 Å². The van der Waals surface area contributed by atoms with Crippen LogP contribution in [-0.4, -0.2) is 18.1 Å². The number of hydrogen-bond donors (Lipinski definition) is 0. The first-order chi connectivity index (χ1) is 17.9. The fraction of sp³-hybridized carbons (Fsp3) is 0.387. The van der Waals surface area contributed by atoms with Crippen molar-refractivity contribution in [3.8, 4) is 23.4 Å². The molecule has 0 unspecified atom stereocenters. The summed E-state index contributed by atoms with van der Waals surface area (Å²) in [6.07, 6.45) is 10.4. The Morgan fingerprint density at radius 3 is 2.43 bits per heavy atom. The van der Waals surface area contributed by atoms with E-state index in [1.165, 1.54) is 19.3 Å². The van der Waals surface area contributed by atoms with Crippen molar-refractivity contribution < 1.29 is 4.74 Å². The van der Waals surface area contributed by atoms with E-state index in [1.807, 2.05) is 12.1 Å². The number of anilines is 1. The van der Waals surface area contributed by atoms with Crippen LogP contribution < -0.4 is 4.90 Å². The molecule has 1 aromatic carbocycles. The lowest BCUT2D eigenvalue weighted by Gasteiger charge is -2.33. The van der Waals surface area contributed by atoms with Gasteiger partial charge < -0.3 is 9.64 Å². The number of piperidine rings is 1. The summed E-state index contributed by atoms with van der Waals surface area (Å²) in [4.78, 5) is 8.67. The topological polar surface area (TPSA) is 72.9 Å². The maximum Gasteiger partial charge on any atom is 0.186 e. The molecule has 0 spiro atoms. The number of nitrogens with zero attached hydrogens (tertiary/aromatic N) is 4. The predicted molar refractivity (Wildman–Crippen MR) is 149 cm³/mol. The van der Waals surface area contributed by atoms with Gasteiger partial charge in [0.2, 0.25) is 0 Å². The first kappa shape index (κ1) is 25.1. The number of thiazole rings is 1. The number of aromatic nitrogens is 1. The predicted octanol–water partition coefficient (Wildman–Crippen LogP) is 7.93. The van der Waals surface area contributed by atoms with Gasteiger partial charge in [0.1, 0.15) is 29.2 Å². The third kappa shape index (κ3) is 5.13. The molecule has 1 aliphatic carbocycles. The number of benzene rings is 1. The average molecular weight is 509 g/mol. The van der Waals surface area contributed by atoms with Crippen molar-refractivity contribution in [1.29, 1.82) is 10.5 Å². The monoisotopic (exact) mass is 508 g/mol. The van der Waals surface area contributed by atoms with E-state index in [2.05, 4.69) is 68.2 Å². The minimum absolute atomic E-state index is 0.147. The summed E-state index contributed by atoms with van der Waals surface area (Å²) in [6, 6.07) is 14.6. The smallest absolute Gasteiger partial charge is 0.186 e. The van der Waals surface area contributed by atoms with Gasteiger partial charge in [-0.1, -0.05) is 62.4 Å². The zero-order valence-electron chi connectivity index (χ0n) is 21.8. The van der Waals surface area contributed by atoms with Crippen LogP contribution in [0.1, 0.15) is 64.2 Å². The van der Waals surface area contributed by atoms with Crippen molar-refractivity contribution in [1.82, 2.24) is 4.98 Å². The summed E-state index contributed by atoms with van der Waals surface area (Å²) in [5, 5.41) is 20.5. The third-order valence-corrected chi connectivity index (χ3v) is 8.17. The van der Waals surface area contributed by atoms with Crippen LogP contribution in [0, 0.1) is 28.1 Å². The second-order valence-electron chi connectivity index (χ2n) is 10.8. The molecule has 0 bridgehead atoms. The molecular formula is C31H32N4OS. The highest BCUT2D eigenvalue weighted by atomic mass is 32.1. The molecule has 5 nitrogen and oxygen atoms in total. The van der Waals surface area contributed by atoms with Gasteiger partial charge in [-0.25, -0.2) is 4.98 Å². The lowest BCUT2D eigenvalue weighted by Crippen LogP contribution is -2.29. The van der Waals surface area contributed by atoms with Crippen LogP contribution in [0.25, 0.3) is 17.3 Å². The van der Waals surface area contributed by atoms with Crippen LogP contribution in [0.3, 0.4) is 0 Å². The second-order valence-corrected chi connectivity index (χ2v) is 11.8. The summed E-state index contributed by atoms with van der Waals surface area (Å²) >= 11 is 1.75. The number of allylic oxidation sites excluding steroid dienone is 6. The van der Waals surface area contributed by atoms with Gasteiger partial charge in [-0.3, -0.25) is 0 Å². The lowest BCUT2D eigenvalue weighted by molar-refractivity contribution is 0.212. The highest BCUT2D eigenvalue weighted by molar-refractivity contribution is 7.17. The van der Waals surface area contributed by atoms with E-state index in [0.29, 0.717) is 5.57 Å². The van der Waals surface area contributed by atoms with Crippen molar-refractivity contribution in [2.75, 3.05) is 18.0 Å². The number of hydrogen-bond acceptors (Lipinski definition) is 6. The third-order valence-electron chi connectivity index (χ3n) is 7.10. The van der Waals surface area contributed by atoms with Gasteiger partial charge >= 0.3 is 0 Å². The molecular weight excluding hydrogens is 476 g/mol. The SMILES string of the molecule is CC(C)(C)C1=CC(=C(C#N)C#N)C2=C(O1)/C(=C/c1sc(N3CCCCC3)nc1-c1ccccc1)CCC2. The molecule has 0 atom stereocenters. The Kier molecular flexibility index (Phi) is 7.04. The molecule has 0 amide bonds. The summed E-state index contributed by atoms with van der Waals surface area (Å²) in [7, 11) is 0. The van der Waals surface area contributed by atoms with E-state index in [0.717, 1.165) is 76.3 Å². The summed E-state index contributed by atoms with van der Waals surface area (Å²) in [5.41, 5.74) is 4.77. The van der Waals surface area contributed by atoms with Crippen LogP contribution >= 0.6 is 11.3 Å². The van der Waals surface area contributed by atoms with Crippen molar-refractivity contribution in [3.05, 3.63) is 75.1 Å². The Morgan fingerprint density at radius 2 is 1.76 bits per heavy atom. The van der Waals surface area contributed by atoms with E-state index >= 15 is 0 Å². The summed E-state index contributed by atoms with van der Waals surface area (Å²) in [6.45, 7) is 8.38. The molecule has 1 aromatic heterocycles. The molecule has 5 rings (SSSR count). The molecule has 1 fully saturated rings. The minimum atomic E-state index is -0.260. The molecule has 0 N–H and O–H groups in total. The first-order valence-corrected chi connectivity index (χ1v) is 13.9. The highest BCUT2D eigenvalue weighted by Gasteiger charge is 2.32. The quantitative estimate of drug-likeness (QED) is 0.394. The van der Waals surface area contributed by atoms with Gasteiger partial charge in [-0.15, -0.1) is 0 Å². The normalized spacial score (nSPS) is 19.1. The molecule has 0 saturated carbocycles. The molecule has 188 valence electrons. The standard InChI is InChI=1S/C31H32N4OS/c1-31(2,3)27-18-25(23(19-32)20-33)24-14-10-13-22(29(24)36-27)17-26-28(21-11-6-4-7-12-21)34-30(37-26)35-15-8-5-9-16-35/h4,6-7,11-12,17-18H,5,8-10,13-16H2,1-3H3/b22-17+. The molecule has 2 aromatic rings. The van der Waals surface area contributed by atoms with E-state index in [1.54, 1.807) is 11.3 Å². The van der Waals surface area contributed by atoms with Gasteiger partial charge in [0, 0.05) is 35.2 Å². The van der Waals surface area contributed by atoms with Crippen molar-refractivity contribution in [2.24, 2.45) is 5.41 Å². The lowest BCUT2D eigenvalue weighted by atomic mass is 9.82. The Balaban J connectivity index is 1.64. The van der Waals surface area contributed by atoms with Gasteiger partial charge in [-0.2, -0.15) is 10.5 Å². The average Bonchev–Trinajstić information content (AvgIpc) is 3.34. The second kappa shape index (κ2) is 10.4. The maximum atomic E-state index is 9.70. The van der Waals surface area contributed by atoms with E-state index in [9.17, 15) is 10.5 Å². The van der Waals surface area contributed by atoms with Crippen LogP contribution in [0.15, 0.2) is 70.2 Å². The van der Waals surface area contributed by atoms with Gasteiger partial charge in [0.25, 0.3) is 0 Å². The number of rotatable bonds is 3. The number of nitriles is 2. The molecule has 37 heavy (non-hydrogen) atoms. The molecule has 0 radical (unpaired) electrons. The highest BCUT2D eigenvalue weighted by Crippen LogP contribution is 2.46. The van der Waals surface area contributed by atoms with Crippen LogP contribution in [0.4, 0.5) is 5.13 Å². The number of ether oxygens (including phenoxy) is 1. The van der Waals surface area contributed by atoms with Crippen molar-refractivity contribution in [3.63, 3.8) is 0 Å². The van der Waals surface area contributed by atoms with Crippen molar-refractivity contribution >= 4 is 22.5 Å². The summed E-state index contributed by atoms with van der Waals surface area (Å²) < 4.78 is 6.57. The molecule has 1 saturated heterocycles. The zero-order chi connectivity index (χ0) is 26.0. The zero-order valence-corrected chi connectivity index (χ0v) is 22.6. The van der Waals surface area contributed by atoms with Crippen LogP contribution in [0.5, 0.6) is 0 Å².